The van der Waals surface area contributed by atoms with Crippen LogP contribution in [0.25, 0.3) is 0 Å². The van der Waals surface area contributed by atoms with Crippen LogP contribution >= 0.6 is 33.1 Å². The van der Waals surface area contributed by atoms with Gasteiger partial charge < -0.3 is 4.90 Å². The van der Waals surface area contributed by atoms with Gasteiger partial charge >= 0.3 is 0 Å². The molecule has 0 fully saturated rings. The normalized spacial score (nSPS) is 17.9. The molecule has 0 N–H and O–H groups in total. The van der Waals surface area contributed by atoms with Gasteiger partial charge in [-0.25, -0.2) is 0 Å². The van der Waals surface area contributed by atoms with E-state index < -0.39 is 0 Å². The van der Waals surface area contributed by atoms with E-state index in [9.17, 15) is 4.79 Å². The zero-order chi connectivity index (χ0) is 11.7. The third-order valence-corrected chi connectivity index (χ3v) is 12.9. The van der Waals surface area contributed by atoms with Gasteiger partial charge in [0.2, 0.25) is 0 Å². The second kappa shape index (κ2) is 5.37. The van der Waals surface area contributed by atoms with Crippen LogP contribution in [-0.2, 0) is 6.42 Å². The van der Waals surface area contributed by atoms with Gasteiger partial charge in [-0.2, -0.15) is 0 Å². The highest BCUT2D eigenvalue weighted by molar-refractivity contribution is 8.63. The summed E-state index contributed by atoms with van der Waals surface area (Å²) in [6, 6.07) is 6.27. The summed E-state index contributed by atoms with van der Waals surface area (Å²) >= 11 is 0. The summed E-state index contributed by atoms with van der Waals surface area (Å²) in [7, 11) is 8.08. The van der Waals surface area contributed by atoms with Crippen molar-refractivity contribution in [1.29, 1.82) is 0 Å². The van der Waals surface area contributed by atoms with Gasteiger partial charge in [0, 0.05) is 13.6 Å². The fraction of sp³-hybridized carbons (Fsp3) is 0.300. The molecule has 0 bridgehead atoms. The predicted octanol–water partition coefficient (Wildman–Crippen LogP) is 2.60. The fourth-order valence-corrected chi connectivity index (χ4v) is 5.63. The minimum absolute atomic E-state index is 0.190. The minimum atomic E-state index is -0.274. The lowest BCUT2D eigenvalue weighted by molar-refractivity contribution is 0.0782. The smallest absolute Gasteiger partial charge is 0.254 e. The van der Waals surface area contributed by atoms with Gasteiger partial charge in [-0.15, -0.1) is 17.9 Å². The van der Waals surface area contributed by atoms with Crippen LogP contribution in [0.4, 0.5) is 0 Å². The lowest BCUT2D eigenvalue weighted by Crippen LogP contribution is -2.37. The van der Waals surface area contributed by atoms with Crippen LogP contribution in [0.1, 0.15) is 15.9 Å². The third-order valence-electron chi connectivity index (χ3n) is 2.80. The number of likely N-dealkylation sites (N-methyl/N-ethyl adjacent to an activating group) is 1. The van der Waals surface area contributed by atoms with E-state index in [1.165, 1.54) is 10.9 Å². The molecule has 2 nitrogen and oxygen atoms in total. The van der Waals surface area contributed by atoms with Crippen molar-refractivity contribution in [2.24, 2.45) is 0 Å². The molecule has 0 aromatic heterocycles. The highest BCUT2D eigenvalue weighted by atomic mass is 32.6. The van der Waals surface area contributed by atoms with Crippen molar-refractivity contribution in [3.05, 3.63) is 29.3 Å². The van der Waals surface area contributed by atoms with Crippen LogP contribution in [0.5, 0.6) is 0 Å². The lowest BCUT2D eigenvalue weighted by atomic mass is 9.99. The maximum Gasteiger partial charge on any atom is 0.254 e. The highest BCUT2D eigenvalue weighted by Gasteiger charge is 2.25. The molecule has 0 saturated carbocycles. The Morgan fingerprint density at radius 2 is 2.25 bits per heavy atom. The van der Waals surface area contributed by atoms with Crippen LogP contribution in [-0.4, -0.2) is 24.4 Å². The first-order chi connectivity index (χ1) is 7.65. The zero-order valence-corrected chi connectivity index (χ0v) is 13.3. The van der Waals surface area contributed by atoms with Gasteiger partial charge in [-0.3, -0.25) is 4.79 Å². The number of hydrogen-bond acceptors (Lipinski definition) is 1. The summed E-state index contributed by atoms with van der Waals surface area (Å²) in [5.74, 6) is 0.190. The SMILES string of the molecule is CN1CCc2cccc(P(P)PP)c2C1=O. The van der Waals surface area contributed by atoms with Crippen molar-refractivity contribution < 1.29 is 4.79 Å². The molecule has 1 aromatic carbocycles. The van der Waals surface area contributed by atoms with Crippen molar-refractivity contribution >= 4 is 44.3 Å². The molecular weight excluding hydrogens is 274 g/mol. The van der Waals surface area contributed by atoms with E-state index in [0.717, 1.165) is 26.5 Å². The van der Waals surface area contributed by atoms with Gasteiger partial charge in [0.1, 0.15) is 0 Å². The molecule has 86 valence electrons. The van der Waals surface area contributed by atoms with Crippen molar-refractivity contribution in [2.45, 2.75) is 6.42 Å². The molecule has 0 radical (unpaired) electrons. The summed E-state index contributed by atoms with van der Waals surface area (Å²) in [5, 5.41) is 1.24. The van der Waals surface area contributed by atoms with Gasteiger partial charge in [0.05, 0.1) is 5.56 Å². The molecule has 1 amide bonds. The largest absolute Gasteiger partial charge is 0.341 e. The van der Waals surface area contributed by atoms with Crippen LogP contribution in [0.15, 0.2) is 18.2 Å². The molecule has 2 rings (SSSR count). The Labute approximate surface area is 104 Å². The average molecular weight is 289 g/mol. The quantitative estimate of drug-likeness (QED) is 0.766. The van der Waals surface area contributed by atoms with Crippen molar-refractivity contribution in [1.82, 2.24) is 4.90 Å². The van der Waals surface area contributed by atoms with Crippen molar-refractivity contribution in [2.75, 3.05) is 13.6 Å². The fourth-order valence-electron chi connectivity index (χ4n) is 1.89. The molecule has 0 saturated heterocycles. The van der Waals surface area contributed by atoms with Gasteiger partial charge in [0.15, 0.2) is 0 Å². The van der Waals surface area contributed by atoms with Crippen LogP contribution < -0.4 is 5.30 Å². The van der Waals surface area contributed by atoms with E-state index in [2.05, 4.69) is 36.1 Å². The first kappa shape index (κ1) is 12.9. The van der Waals surface area contributed by atoms with E-state index in [1.54, 1.807) is 0 Å². The topological polar surface area (TPSA) is 20.3 Å². The maximum absolute atomic E-state index is 12.2. The van der Waals surface area contributed by atoms with Crippen molar-refractivity contribution in [3.8, 4) is 0 Å². The second-order valence-corrected chi connectivity index (χ2v) is 12.9. The summed E-state index contributed by atoms with van der Waals surface area (Å²) in [6.45, 7) is 0.841. The lowest BCUT2D eigenvalue weighted by Gasteiger charge is -2.27. The van der Waals surface area contributed by atoms with E-state index in [1.807, 2.05) is 11.9 Å². The first-order valence-corrected chi connectivity index (χ1v) is 11.6. The Balaban J connectivity index is 2.52. The van der Waals surface area contributed by atoms with Crippen LogP contribution in [0, 0.1) is 0 Å². The number of carbonyl (C=O) groups excluding carboxylic acids is 1. The van der Waals surface area contributed by atoms with E-state index in [0.29, 0.717) is 0 Å². The summed E-state index contributed by atoms with van der Waals surface area (Å²) in [5.41, 5.74) is 2.19. The Hall–Kier alpha value is 0.410. The number of hydrogen-bond donors (Lipinski definition) is 0. The van der Waals surface area contributed by atoms with E-state index in [-0.39, 0.29) is 13.2 Å². The maximum atomic E-state index is 12.2. The molecule has 1 aromatic rings. The molecule has 1 aliphatic heterocycles. The average Bonchev–Trinajstić information content (AvgIpc) is 2.32. The van der Waals surface area contributed by atoms with Gasteiger partial charge in [0.25, 0.3) is 5.91 Å². The Morgan fingerprint density at radius 3 is 2.94 bits per heavy atom. The Morgan fingerprint density at radius 1 is 1.50 bits per heavy atom. The van der Waals surface area contributed by atoms with E-state index in [4.69, 9.17) is 0 Å². The third kappa shape index (κ3) is 2.32. The second-order valence-electron chi connectivity index (χ2n) is 3.79. The molecular formula is C10H15NOP4. The summed E-state index contributed by atoms with van der Waals surface area (Å²) < 4.78 is 0. The molecule has 1 aliphatic rings. The molecule has 1 heterocycles. The van der Waals surface area contributed by atoms with Gasteiger partial charge in [-0.05, 0) is 24.6 Å². The highest BCUT2D eigenvalue weighted by Crippen LogP contribution is 2.65. The Bertz CT molecular complexity index is 423. The van der Waals surface area contributed by atoms with Crippen molar-refractivity contribution in [3.63, 3.8) is 0 Å². The monoisotopic (exact) mass is 289 g/mol. The van der Waals surface area contributed by atoms with E-state index >= 15 is 0 Å². The molecule has 16 heavy (non-hydrogen) atoms. The van der Waals surface area contributed by atoms with Gasteiger partial charge in [-0.1, -0.05) is 26.2 Å². The zero-order valence-electron chi connectivity index (χ0n) is 9.10. The summed E-state index contributed by atoms with van der Waals surface area (Å²) in [6.07, 6.45) is 0.985. The molecule has 4 unspecified atom stereocenters. The molecule has 0 spiro atoms. The minimum Gasteiger partial charge on any atom is -0.341 e. The number of fused-ring (bicyclic) bond motifs is 1. The number of benzene rings is 1. The number of rotatable bonds is 2. The van der Waals surface area contributed by atoms with Crippen LogP contribution in [0.2, 0.25) is 0 Å². The van der Waals surface area contributed by atoms with Crippen LogP contribution in [0.3, 0.4) is 0 Å². The summed E-state index contributed by atoms with van der Waals surface area (Å²) in [4.78, 5) is 14.0. The molecule has 4 atom stereocenters. The number of amides is 1. The number of nitrogens with zero attached hydrogens (tertiary/aromatic N) is 1. The molecule has 0 aliphatic carbocycles. The predicted molar refractivity (Wildman–Crippen MR) is 81.4 cm³/mol. The molecule has 6 heteroatoms. The Kier molecular flexibility index (Phi) is 4.32. The first-order valence-electron chi connectivity index (χ1n) is 5.03. The number of carbonyl (C=O) groups is 1. The standard InChI is InChI=1S/C10H15NOP4/c1-11-6-5-7-3-2-4-8(16(14)15-13)9(7)10(11)12/h2-4,15H,5-6,13-14H2,1H3.